The summed E-state index contributed by atoms with van der Waals surface area (Å²) in [5.41, 5.74) is 6.60. The van der Waals surface area contributed by atoms with Crippen molar-refractivity contribution in [3.63, 3.8) is 0 Å². The molecule has 1 aromatic rings. The Hall–Kier alpha value is -0.870. The van der Waals surface area contributed by atoms with Crippen molar-refractivity contribution in [1.82, 2.24) is 0 Å². The van der Waals surface area contributed by atoms with E-state index in [0.29, 0.717) is 11.1 Å². The molecule has 0 radical (unpaired) electrons. The predicted octanol–water partition coefficient (Wildman–Crippen LogP) is 2.06. The molecule has 2 atom stereocenters. The molecular formula is C11H12BrNO2. The molecule has 80 valence electrons. The molecule has 1 aromatic heterocycles. The molecule has 0 amide bonds. The predicted molar refractivity (Wildman–Crippen MR) is 60.3 cm³/mol. The Morgan fingerprint density at radius 3 is 2.93 bits per heavy atom. The number of rotatable bonds is 3. The van der Waals surface area contributed by atoms with E-state index in [0.717, 1.165) is 12.0 Å². The van der Waals surface area contributed by atoms with Crippen molar-refractivity contribution >= 4 is 21.7 Å². The van der Waals surface area contributed by atoms with Crippen LogP contribution in [0.25, 0.3) is 0 Å². The van der Waals surface area contributed by atoms with E-state index < -0.39 is 0 Å². The molecule has 0 aliphatic heterocycles. The van der Waals surface area contributed by atoms with Gasteiger partial charge in [0.1, 0.15) is 5.78 Å². The maximum atomic E-state index is 11.8. The van der Waals surface area contributed by atoms with Gasteiger partial charge in [-0.15, -0.1) is 0 Å². The lowest BCUT2D eigenvalue weighted by Crippen LogP contribution is -2.20. The number of Topliss-reactive ketones (excluding diaryl/α,β-unsaturated/α-hetero) is 1. The molecule has 4 heteroatoms. The van der Waals surface area contributed by atoms with Crippen LogP contribution in [0, 0.1) is 5.92 Å². The van der Waals surface area contributed by atoms with Gasteiger partial charge in [0.05, 0.1) is 6.26 Å². The lowest BCUT2D eigenvalue weighted by molar-refractivity contribution is -0.120. The van der Waals surface area contributed by atoms with Gasteiger partial charge in [0.15, 0.2) is 4.67 Å². The van der Waals surface area contributed by atoms with Crippen molar-refractivity contribution in [2.75, 3.05) is 0 Å². The normalized spacial score (nSPS) is 24.7. The SMILES string of the molecule is NC1C=CC(C(=O)Cc2coc(Br)c2)C1. The second-order valence-corrected chi connectivity index (χ2v) is 4.57. The third-order valence-corrected chi connectivity index (χ3v) is 2.95. The Labute approximate surface area is 96.5 Å². The van der Waals surface area contributed by atoms with E-state index in [4.69, 9.17) is 10.2 Å². The van der Waals surface area contributed by atoms with Gasteiger partial charge in [-0.05, 0) is 34.0 Å². The molecular weight excluding hydrogens is 258 g/mol. The fourth-order valence-electron chi connectivity index (χ4n) is 1.74. The van der Waals surface area contributed by atoms with Gasteiger partial charge >= 0.3 is 0 Å². The first-order chi connectivity index (χ1) is 7.15. The topological polar surface area (TPSA) is 56.2 Å². The first-order valence-corrected chi connectivity index (χ1v) is 5.64. The van der Waals surface area contributed by atoms with Gasteiger partial charge in [-0.1, -0.05) is 12.2 Å². The van der Waals surface area contributed by atoms with Crippen molar-refractivity contribution in [1.29, 1.82) is 0 Å². The average molecular weight is 270 g/mol. The fourth-order valence-corrected chi connectivity index (χ4v) is 2.12. The summed E-state index contributed by atoms with van der Waals surface area (Å²) in [4.78, 5) is 11.8. The minimum Gasteiger partial charge on any atom is -0.457 e. The highest BCUT2D eigenvalue weighted by atomic mass is 79.9. The number of carbonyl (C=O) groups is 1. The quantitative estimate of drug-likeness (QED) is 0.855. The molecule has 1 aliphatic carbocycles. The van der Waals surface area contributed by atoms with Crippen LogP contribution in [0.2, 0.25) is 0 Å². The number of hydrogen-bond acceptors (Lipinski definition) is 3. The second kappa shape index (κ2) is 4.33. The van der Waals surface area contributed by atoms with Crippen molar-refractivity contribution < 1.29 is 9.21 Å². The van der Waals surface area contributed by atoms with E-state index in [1.54, 1.807) is 6.26 Å². The van der Waals surface area contributed by atoms with Gasteiger partial charge < -0.3 is 10.2 Å². The van der Waals surface area contributed by atoms with Gasteiger partial charge in [-0.3, -0.25) is 4.79 Å². The average Bonchev–Trinajstić information content (AvgIpc) is 2.75. The molecule has 1 heterocycles. The zero-order chi connectivity index (χ0) is 10.8. The molecule has 0 saturated carbocycles. The molecule has 0 saturated heterocycles. The molecule has 15 heavy (non-hydrogen) atoms. The van der Waals surface area contributed by atoms with Crippen LogP contribution in [0.3, 0.4) is 0 Å². The van der Waals surface area contributed by atoms with E-state index in [-0.39, 0.29) is 17.7 Å². The lowest BCUT2D eigenvalue weighted by atomic mass is 9.98. The number of halogens is 1. The Balaban J connectivity index is 1.96. The monoisotopic (exact) mass is 269 g/mol. The third-order valence-electron chi connectivity index (χ3n) is 2.53. The number of ketones is 1. The summed E-state index contributed by atoms with van der Waals surface area (Å²) < 4.78 is 5.73. The highest BCUT2D eigenvalue weighted by Gasteiger charge is 2.22. The number of allylic oxidation sites excluding steroid dienone is 1. The molecule has 0 aromatic carbocycles. The molecule has 0 bridgehead atoms. The van der Waals surface area contributed by atoms with Gasteiger partial charge in [0, 0.05) is 18.4 Å². The maximum Gasteiger partial charge on any atom is 0.169 e. The van der Waals surface area contributed by atoms with Crippen molar-refractivity contribution in [3.8, 4) is 0 Å². The second-order valence-electron chi connectivity index (χ2n) is 3.79. The molecule has 3 nitrogen and oxygen atoms in total. The maximum absolute atomic E-state index is 11.8. The summed E-state index contributed by atoms with van der Waals surface area (Å²) in [6, 6.07) is 1.85. The van der Waals surface area contributed by atoms with E-state index in [2.05, 4.69) is 15.9 Å². The summed E-state index contributed by atoms with van der Waals surface area (Å²) in [5, 5.41) is 0. The van der Waals surface area contributed by atoms with Gasteiger partial charge in [-0.25, -0.2) is 0 Å². The minimum absolute atomic E-state index is 0.0197. The Morgan fingerprint density at radius 1 is 1.60 bits per heavy atom. The Kier molecular flexibility index (Phi) is 3.07. The number of furan rings is 1. The zero-order valence-corrected chi connectivity index (χ0v) is 9.74. The van der Waals surface area contributed by atoms with Gasteiger partial charge in [0.25, 0.3) is 0 Å². The highest BCUT2D eigenvalue weighted by Crippen LogP contribution is 2.21. The number of hydrogen-bond donors (Lipinski definition) is 1. The van der Waals surface area contributed by atoms with Crippen LogP contribution >= 0.6 is 15.9 Å². The van der Waals surface area contributed by atoms with Crippen LogP contribution in [0.5, 0.6) is 0 Å². The summed E-state index contributed by atoms with van der Waals surface area (Å²) in [7, 11) is 0. The molecule has 1 aliphatic rings. The smallest absolute Gasteiger partial charge is 0.169 e. The van der Waals surface area contributed by atoms with E-state index in [1.165, 1.54) is 0 Å². The molecule has 2 rings (SSSR count). The summed E-state index contributed by atoms with van der Waals surface area (Å²) in [6.07, 6.45) is 6.55. The van der Waals surface area contributed by atoms with E-state index in [9.17, 15) is 4.79 Å². The van der Waals surface area contributed by atoms with E-state index in [1.807, 2.05) is 18.2 Å². The molecule has 0 spiro atoms. The third kappa shape index (κ3) is 2.58. The molecule has 2 N–H and O–H groups in total. The van der Waals surface area contributed by atoms with E-state index >= 15 is 0 Å². The zero-order valence-electron chi connectivity index (χ0n) is 8.15. The van der Waals surface area contributed by atoms with Crippen LogP contribution < -0.4 is 5.73 Å². The number of nitrogens with two attached hydrogens (primary N) is 1. The summed E-state index contributed by atoms with van der Waals surface area (Å²) in [6.45, 7) is 0. The Morgan fingerprint density at radius 2 is 2.40 bits per heavy atom. The van der Waals surface area contributed by atoms with Crippen LogP contribution in [-0.4, -0.2) is 11.8 Å². The number of carbonyl (C=O) groups excluding carboxylic acids is 1. The first kappa shape index (κ1) is 10.6. The Bertz CT molecular complexity index is 397. The summed E-state index contributed by atoms with van der Waals surface area (Å²) in [5.74, 6) is 0.182. The minimum atomic E-state index is -0.0197. The van der Waals surface area contributed by atoms with Crippen molar-refractivity contribution in [2.24, 2.45) is 11.7 Å². The standard InChI is InChI=1S/C11H12BrNO2/c12-11-4-7(6-15-11)3-10(14)8-1-2-9(13)5-8/h1-2,4,6,8-9H,3,5,13H2. The summed E-state index contributed by atoms with van der Waals surface area (Å²) >= 11 is 3.20. The largest absolute Gasteiger partial charge is 0.457 e. The van der Waals surface area contributed by atoms with Crippen LogP contribution in [0.15, 0.2) is 33.6 Å². The van der Waals surface area contributed by atoms with Gasteiger partial charge in [0.2, 0.25) is 0 Å². The lowest BCUT2D eigenvalue weighted by Gasteiger charge is -2.06. The van der Waals surface area contributed by atoms with Crippen molar-refractivity contribution in [3.05, 3.63) is 34.7 Å². The molecule has 0 fully saturated rings. The van der Waals surface area contributed by atoms with Crippen LogP contribution in [0.1, 0.15) is 12.0 Å². The van der Waals surface area contributed by atoms with Crippen molar-refractivity contribution in [2.45, 2.75) is 18.9 Å². The van der Waals surface area contributed by atoms with Crippen LogP contribution in [-0.2, 0) is 11.2 Å². The fraction of sp³-hybridized carbons (Fsp3) is 0.364. The van der Waals surface area contributed by atoms with Gasteiger partial charge in [-0.2, -0.15) is 0 Å². The van der Waals surface area contributed by atoms with Crippen LogP contribution in [0.4, 0.5) is 0 Å². The highest BCUT2D eigenvalue weighted by molar-refractivity contribution is 9.10. The molecule has 2 unspecified atom stereocenters. The first-order valence-electron chi connectivity index (χ1n) is 4.84.